The van der Waals surface area contributed by atoms with Crippen molar-refractivity contribution >= 4 is 26.7 Å². The molecule has 1 atom stereocenters. The summed E-state index contributed by atoms with van der Waals surface area (Å²) < 4.78 is 26.3. The lowest BCUT2D eigenvalue weighted by molar-refractivity contribution is 0.397. The van der Waals surface area contributed by atoms with Crippen LogP contribution in [0.25, 0.3) is 10.9 Å². The fourth-order valence-corrected chi connectivity index (χ4v) is 5.02. The van der Waals surface area contributed by atoms with Crippen LogP contribution in [0.1, 0.15) is 43.8 Å². The van der Waals surface area contributed by atoms with Crippen molar-refractivity contribution in [2.75, 3.05) is 17.7 Å². The molecule has 1 unspecified atom stereocenters. The number of nitrogens with zero attached hydrogens (tertiary/aromatic N) is 4. The number of hydrogen-bond acceptors (Lipinski definition) is 5. The highest BCUT2D eigenvalue weighted by Gasteiger charge is 2.33. The Morgan fingerprint density at radius 2 is 1.97 bits per heavy atom. The summed E-state index contributed by atoms with van der Waals surface area (Å²) in [6, 6.07) is 7.73. The summed E-state index contributed by atoms with van der Waals surface area (Å²) in [7, 11) is -3.24. The van der Waals surface area contributed by atoms with Crippen LogP contribution in [0, 0.1) is 12.8 Å². The zero-order valence-corrected chi connectivity index (χ0v) is 18.5. The first-order chi connectivity index (χ1) is 13.7. The molecule has 0 fully saturated rings. The molecule has 0 spiro atoms. The summed E-state index contributed by atoms with van der Waals surface area (Å²) in [5, 5.41) is 1.07. The minimum Gasteiger partial charge on any atom is -0.341 e. The quantitative estimate of drug-likeness (QED) is 0.650. The number of aromatic nitrogens is 3. The average molecular weight is 413 g/mol. The Balaban J connectivity index is 1.83. The first kappa shape index (κ1) is 19.9. The Morgan fingerprint density at radius 3 is 2.59 bits per heavy atom. The molecule has 0 N–H and O–H groups in total. The van der Waals surface area contributed by atoms with E-state index >= 15 is 0 Å². The van der Waals surface area contributed by atoms with E-state index in [4.69, 9.17) is 4.98 Å². The molecule has 0 bridgehead atoms. The van der Waals surface area contributed by atoms with E-state index in [1.165, 1.54) is 17.5 Å². The number of benzene rings is 1. The molecule has 1 aliphatic heterocycles. The molecule has 154 valence electrons. The maximum atomic E-state index is 12.0. The Bertz CT molecular complexity index is 1180. The fraction of sp³-hybridized carbons (Fsp3) is 0.455. The van der Waals surface area contributed by atoms with Crippen LogP contribution in [-0.4, -0.2) is 35.8 Å². The highest BCUT2D eigenvalue weighted by molar-refractivity contribution is 7.90. The lowest BCUT2D eigenvalue weighted by atomic mass is 9.97. The van der Waals surface area contributed by atoms with Crippen LogP contribution in [0.4, 0.5) is 5.95 Å². The summed E-state index contributed by atoms with van der Waals surface area (Å²) in [6.07, 6.45) is 4.13. The predicted molar refractivity (Wildman–Crippen MR) is 116 cm³/mol. The van der Waals surface area contributed by atoms with Gasteiger partial charge in [-0.2, -0.15) is 0 Å². The SMILES string of the molecule is CCc1cnc(N2CCn3c(cc4ccc(S(C)(=O)=O)cc43)C2C(C)C)nc1C. The summed E-state index contributed by atoms with van der Waals surface area (Å²) in [5.41, 5.74) is 4.37. The summed E-state index contributed by atoms with van der Waals surface area (Å²) in [6.45, 7) is 10.1. The van der Waals surface area contributed by atoms with Crippen LogP contribution in [0.15, 0.2) is 35.4 Å². The monoisotopic (exact) mass is 412 g/mol. The third-order valence-electron chi connectivity index (χ3n) is 5.88. The van der Waals surface area contributed by atoms with E-state index < -0.39 is 9.84 Å². The number of hydrogen-bond donors (Lipinski definition) is 0. The molecule has 3 aromatic rings. The summed E-state index contributed by atoms with van der Waals surface area (Å²) >= 11 is 0. The molecule has 0 saturated carbocycles. The highest BCUT2D eigenvalue weighted by atomic mass is 32.2. The van der Waals surface area contributed by atoms with E-state index in [1.54, 1.807) is 12.1 Å². The van der Waals surface area contributed by atoms with Crippen molar-refractivity contribution in [1.82, 2.24) is 14.5 Å². The molecule has 7 heteroatoms. The van der Waals surface area contributed by atoms with Crippen molar-refractivity contribution in [3.8, 4) is 0 Å². The molecule has 29 heavy (non-hydrogen) atoms. The van der Waals surface area contributed by atoms with E-state index in [-0.39, 0.29) is 6.04 Å². The van der Waals surface area contributed by atoms with Crippen LogP contribution < -0.4 is 4.90 Å². The first-order valence-corrected chi connectivity index (χ1v) is 12.0. The van der Waals surface area contributed by atoms with Gasteiger partial charge in [-0.05, 0) is 43.0 Å². The van der Waals surface area contributed by atoms with Crippen molar-refractivity contribution in [2.24, 2.45) is 5.92 Å². The molecule has 0 amide bonds. The molecule has 0 saturated heterocycles. The first-order valence-electron chi connectivity index (χ1n) is 10.1. The highest BCUT2D eigenvalue weighted by Crippen LogP contribution is 2.38. The normalized spacial score (nSPS) is 17.2. The number of sulfone groups is 1. The predicted octanol–water partition coefficient (Wildman–Crippen LogP) is 3.92. The molecular weight excluding hydrogens is 384 g/mol. The van der Waals surface area contributed by atoms with Crippen molar-refractivity contribution in [2.45, 2.75) is 51.6 Å². The lowest BCUT2D eigenvalue weighted by Gasteiger charge is -2.39. The molecule has 3 heterocycles. The maximum absolute atomic E-state index is 12.0. The minimum absolute atomic E-state index is 0.129. The van der Waals surface area contributed by atoms with Gasteiger partial charge in [-0.15, -0.1) is 0 Å². The standard InChI is InChI=1S/C22H28N4O2S/c1-6-16-13-23-22(24-15(16)4)26-10-9-25-19-12-18(29(5,27)28)8-7-17(19)11-20(25)21(26)14(2)3/h7-8,11-14,21H,6,9-10H2,1-5H3. The Kier molecular flexibility index (Phi) is 4.89. The number of anilines is 1. The van der Waals surface area contributed by atoms with Crippen molar-refractivity contribution < 1.29 is 8.42 Å². The average Bonchev–Trinajstić information content (AvgIpc) is 3.04. The number of rotatable bonds is 4. The van der Waals surface area contributed by atoms with Gasteiger partial charge in [0.1, 0.15) is 0 Å². The van der Waals surface area contributed by atoms with Crippen LogP contribution in [0.3, 0.4) is 0 Å². The van der Waals surface area contributed by atoms with Crippen molar-refractivity contribution in [3.05, 3.63) is 47.4 Å². The van der Waals surface area contributed by atoms with Gasteiger partial charge in [0.25, 0.3) is 0 Å². The molecule has 6 nitrogen and oxygen atoms in total. The van der Waals surface area contributed by atoms with Gasteiger partial charge in [-0.3, -0.25) is 0 Å². The second-order valence-corrected chi connectivity index (χ2v) is 10.2. The van der Waals surface area contributed by atoms with Gasteiger partial charge in [0, 0.05) is 47.8 Å². The lowest BCUT2D eigenvalue weighted by Crippen LogP contribution is -2.41. The van der Waals surface area contributed by atoms with Crippen molar-refractivity contribution in [1.29, 1.82) is 0 Å². The zero-order chi connectivity index (χ0) is 20.9. The Hall–Kier alpha value is -2.41. The zero-order valence-electron chi connectivity index (χ0n) is 17.7. The second kappa shape index (κ2) is 7.13. The van der Waals surface area contributed by atoms with Gasteiger partial charge in [-0.1, -0.05) is 26.8 Å². The van der Waals surface area contributed by atoms with E-state index in [1.807, 2.05) is 19.2 Å². The molecule has 1 aliphatic rings. The van der Waals surface area contributed by atoms with Crippen LogP contribution in [-0.2, 0) is 22.8 Å². The summed E-state index contributed by atoms with van der Waals surface area (Å²) in [4.78, 5) is 12.1. The van der Waals surface area contributed by atoms with E-state index in [0.29, 0.717) is 10.8 Å². The maximum Gasteiger partial charge on any atom is 0.226 e. The largest absolute Gasteiger partial charge is 0.341 e. The van der Waals surface area contributed by atoms with Crippen LogP contribution in [0.2, 0.25) is 0 Å². The van der Waals surface area contributed by atoms with Crippen LogP contribution >= 0.6 is 0 Å². The van der Waals surface area contributed by atoms with Gasteiger partial charge >= 0.3 is 0 Å². The molecule has 0 radical (unpaired) electrons. The minimum atomic E-state index is -3.24. The Labute approximate surface area is 172 Å². The summed E-state index contributed by atoms with van der Waals surface area (Å²) in [5.74, 6) is 1.12. The molecule has 4 rings (SSSR count). The topological polar surface area (TPSA) is 68.1 Å². The van der Waals surface area contributed by atoms with E-state index in [2.05, 4.69) is 41.3 Å². The smallest absolute Gasteiger partial charge is 0.226 e. The van der Waals surface area contributed by atoms with Crippen LogP contribution in [0.5, 0.6) is 0 Å². The van der Waals surface area contributed by atoms with Gasteiger partial charge in [0.15, 0.2) is 9.84 Å². The number of fused-ring (bicyclic) bond motifs is 3. The van der Waals surface area contributed by atoms with E-state index in [0.717, 1.165) is 42.1 Å². The van der Waals surface area contributed by atoms with Gasteiger partial charge in [0.2, 0.25) is 5.95 Å². The third-order valence-corrected chi connectivity index (χ3v) is 6.99. The molecule has 2 aromatic heterocycles. The molecule has 0 aliphatic carbocycles. The van der Waals surface area contributed by atoms with Crippen molar-refractivity contribution in [3.63, 3.8) is 0 Å². The fourth-order valence-electron chi connectivity index (χ4n) is 4.38. The third kappa shape index (κ3) is 3.41. The second-order valence-electron chi connectivity index (χ2n) is 8.23. The van der Waals surface area contributed by atoms with E-state index in [9.17, 15) is 8.42 Å². The van der Waals surface area contributed by atoms with Gasteiger partial charge in [-0.25, -0.2) is 18.4 Å². The number of aryl methyl sites for hydroxylation is 2. The van der Waals surface area contributed by atoms with Gasteiger partial charge < -0.3 is 9.47 Å². The molecule has 1 aromatic carbocycles. The molecular formula is C22H28N4O2S. The Morgan fingerprint density at radius 1 is 1.21 bits per heavy atom. The van der Waals surface area contributed by atoms with Gasteiger partial charge in [0.05, 0.1) is 10.9 Å².